The summed E-state index contributed by atoms with van der Waals surface area (Å²) in [5.41, 5.74) is 1.99. The molecule has 3 nitrogen and oxygen atoms in total. The average Bonchev–Trinajstić information content (AvgIpc) is 2.38. The number of aromatic nitrogens is 1. The van der Waals surface area contributed by atoms with Crippen molar-refractivity contribution in [2.75, 3.05) is 0 Å². The highest BCUT2D eigenvalue weighted by Gasteiger charge is 2.14. The smallest absolute Gasteiger partial charge is 0.387 e. The van der Waals surface area contributed by atoms with Crippen LogP contribution in [-0.4, -0.2) is 16.7 Å². The van der Waals surface area contributed by atoms with Crippen molar-refractivity contribution in [2.45, 2.75) is 19.6 Å². The number of ether oxygens (including phenoxy) is 1. The maximum absolute atomic E-state index is 12.1. The first kappa shape index (κ1) is 13.4. The Kier molecular flexibility index (Phi) is 4.06. The summed E-state index contributed by atoms with van der Waals surface area (Å²) in [6.45, 7) is -1.03. The van der Waals surface area contributed by atoms with Crippen LogP contribution in [-0.2, 0) is 0 Å². The van der Waals surface area contributed by atoms with Crippen molar-refractivity contribution in [1.29, 1.82) is 0 Å². The Balaban J connectivity index is 2.29. The van der Waals surface area contributed by atoms with Gasteiger partial charge >= 0.3 is 6.61 Å². The van der Waals surface area contributed by atoms with Crippen LogP contribution in [0.4, 0.5) is 8.78 Å². The molecule has 0 saturated heterocycles. The normalized spacial score (nSPS) is 12.5. The van der Waals surface area contributed by atoms with E-state index in [0.717, 1.165) is 5.56 Å². The van der Waals surface area contributed by atoms with Crippen LogP contribution in [0.2, 0.25) is 0 Å². The second kappa shape index (κ2) is 5.75. The van der Waals surface area contributed by atoms with Crippen LogP contribution in [0.25, 0.3) is 0 Å². The molecular weight excluding hydrogens is 252 g/mol. The van der Waals surface area contributed by atoms with E-state index in [4.69, 9.17) is 0 Å². The zero-order valence-electron chi connectivity index (χ0n) is 10.3. The largest absolute Gasteiger partial charge is 0.435 e. The molecule has 0 fully saturated rings. The predicted octanol–water partition coefficient (Wildman–Crippen LogP) is 3.07. The number of alkyl halides is 2. The van der Waals surface area contributed by atoms with Gasteiger partial charge in [0.1, 0.15) is 11.9 Å². The van der Waals surface area contributed by atoms with E-state index in [9.17, 15) is 13.9 Å². The van der Waals surface area contributed by atoms with E-state index in [2.05, 4.69) is 9.72 Å². The van der Waals surface area contributed by atoms with Crippen molar-refractivity contribution in [2.24, 2.45) is 0 Å². The van der Waals surface area contributed by atoms with Crippen LogP contribution in [0.3, 0.4) is 0 Å². The molecule has 19 heavy (non-hydrogen) atoms. The second-order valence-electron chi connectivity index (χ2n) is 4.09. The zero-order valence-corrected chi connectivity index (χ0v) is 10.3. The van der Waals surface area contributed by atoms with E-state index in [-0.39, 0.29) is 5.75 Å². The molecule has 0 aliphatic carbocycles. The summed E-state index contributed by atoms with van der Waals surface area (Å²) in [5, 5.41) is 10.2. The van der Waals surface area contributed by atoms with Crippen molar-refractivity contribution in [3.63, 3.8) is 0 Å². The van der Waals surface area contributed by atoms with Gasteiger partial charge < -0.3 is 9.84 Å². The summed E-state index contributed by atoms with van der Waals surface area (Å²) in [5.74, 6) is 0.0214. The highest BCUT2D eigenvalue weighted by atomic mass is 19.3. The number of rotatable bonds is 4. The maximum atomic E-state index is 12.1. The number of aryl methyl sites for hydroxylation is 1. The van der Waals surface area contributed by atoms with Crippen LogP contribution in [0, 0.1) is 6.92 Å². The van der Waals surface area contributed by atoms with Crippen LogP contribution in [0.1, 0.15) is 22.8 Å². The Morgan fingerprint density at radius 3 is 2.74 bits per heavy atom. The SMILES string of the molecule is Cc1ccncc1C(O)c1cccc(OC(F)F)c1. The van der Waals surface area contributed by atoms with Gasteiger partial charge in [-0.1, -0.05) is 12.1 Å². The van der Waals surface area contributed by atoms with Crippen LogP contribution in [0.5, 0.6) is 5.75 Å². The third kappa shape index (κ3) is 3.26. The van der Waals surface area contributed by atoms with Gasteiger partial charge in [-0.15, -0.1) is 0 Å². The molecule has 1 N–H and O–H groups in total. The number of nitrogens with zero attached hydrogens (tertiary/aromatic N) is 1. The van der Waals surface area contributed by atoms with Crippen molar-refractivity contribution < 1.29 is 18.6 Å². The minimum absolute atomic E-state index is 0.0214. The lowest BCUT2D eigenvalue weighted by Crippen LogP contribution is -2.05. The van der Waals surface area contributed by atoms with Gasteiger partial charge in [0.2, 0.25) is 0 Å². The molecule has 2 aromatic rings. The predicted molar refractivity (Wildman–Crippen MR) is 66.1 cm³/mol. The Morgan fingerprint density at radius 2 is 2.05 bits per heavy atom. The molecule has 1 unspecified atom stereocenters. The van der Waals surface area contributed by atoms with Crippen LogP contribution in [0.15, 0.2) is 42.7 Å². The molecule has 0 radical (unpaired) electrons. The fourth-order valence-electron chi connectivity index (χ4n) is 1.80. The molecule has 0 aliphatic heterocycles. The fourth-order valence-corrected chi connectivity index (χ4v) is 1.80. The lowest BCUT2D eigenvalue weighted by molar-refractivity contribution is -0.0499. The number of benzene rings is 1. The zero-order chi connectivity index (χ0) is 13.8. The Bertz CT molecular complexity index is 561. The van der Waals surface area contributed by atoms with Gasteiger partial charge in [0.15, 0.2) is 0 Å². The lowest BCUT2D eigenvalue weighted by Gasteiger charge is -2.14. The molecule has 1 heterocycles. The van der Waals surface area contributed by atoms with E-state index in [1.165, 1.54) is 12.1 Å². The molecule has 0 saturated carbocycles. The minimum Gasteiger partial charge on any atom is -0.435 e. The van der Waals surface area contributed by atoms with Gasteiger partial charge in [-0.2, -0.15) is 8.78 Å². The summed E-state index contributed by atoms with van der Waals surface area (Å²) < 4.78 is 28.6. The standard InChI is InChI=1S/C14H13F2NO2/c1-9-5-6-17-8-12(9)13(18)10-3-2-4-11(7-10)19-14(15)16/h2-8,13-14,18H,1H3. The summed E-state index contributed by atoms with van der Waals surface area (Å²) in [4.78, 5) is 3.95. The van der Waals surface area contributed by atoms with Gasteiger partial charge in [-0.05, 0) is 36.2 Å². The molecule has 1 aromatic carbocycles. The molecule has 5 heteroatoms. The van der Waals surface area contributed by atoms with Gasteiger partial charge in [0.05, 0.1) is 0 Å². The first-order valence-electron chi connectivity index (χ1n) is 5.71. The summed E-state index contributed by atoms with van der Waals surface area (Å²) in [6.07, 6.45) is 2.26. The fraction of sp³-hybridized carbons (Fsp3) is 0.214. The maximum Gasteiger partial charge on any atom is 0.387 e. The average molecular weight is 265 g/mol. The first-order chi connectivity index (χ1) is 9.08. The number of aliphatic hydroxyl groups is 1. The van der Waals surface area contributed by atoms with Gasteiger partial charge in [-0.25, -0.2) is 0 Å². The molecule has 0 aliphatic rings. The quantitative estimate of drug-likeness (QED) is 0.923. The summed E-state index contributed by atoms with van der Waals surface area (Å²) in [6, 6.07) is 7.79. The number of hydrogen-bond acceptors (Lipinski definition) is 3. The number of hydrogen-bond donors (Lipinski definition) is 1. The van der Waals surface area contributed by atoms with Crippen molar-refractivity contribution in [3.05, 3.63) is 59.4 Å². The monoisotopic (exact) mass is 265 g/mol. The third-order valence-corrected chi connectivity index (χ3v) is 2.77. The molecule has 0 amide bonds. The van der Waals surface area contributed by atoms with Crippen LogP contribution >= 0.6 is 0 Å². The molecular formula is C14H13F2NO2. The lowest BCUT2D eigenvalue weighted by atomic mass is 9.99. The van der Waals surface area contributed by atoms with Crippen molar-refractivity contribution in [1.82, 2.24) is 4.98 Å². The second-order valence-corrected chi connectivity index (χ2v) is 4.09. The molecule has 1 atom stereocenters. The Morgan fingerprint density at radius 1 is 1.26 bits per heavy atom. The molecule has 0 spiro atoms. The van der Waals surface area contributed by atoms with Crippen molar-refractivity contribution in [3.8, 4) is 5.75 Å². The van der Waals surface area contributed by atoms with E-state index in [0.29, 0.717) is 11.1 Å². The van der Waals surface area contributed by atoms with Gasteiger partial charge in [-0.3, -0.25) is 4.98 Å². The minimum atomic E-state index is -2.88. The van der Waals surface area contributed by atoms with E-state index in [1.54, 1.807) is 30.6 Å². The number of pyridine rings is 1. The molecule has 0 bridgehead atoms. The van der Waals surface area contributed by atoms with E-state index in [1.807, 2.05) is 6.92 Å². The van der Waals surface area contributed by atoms with Gasteiger partial charge in [0, 0.05) is 18.0 Å². The highest BCUT2D eigenvalue weighted by Crippen LogP contribution is 2.27. The summed E-state index contributed by atoms with van der Waals surface area (Å²) in [7, 11) is 0. The highest BCUT2D eigenvalue weighted by molar-refractivity contribution is 5.37. The van der Waals surface area contributed by atoms with Crippen molar-refractivity contribution >= 4 is 0 Å². The number of aliphatic hydroxyl groups excluding tert-OH is 1. The van der Waals surface area contributed by atoms with Crippen LogP contribution < -0.4 is 4.74 Å². The Labute approximate surface area is 109 Å². The molecule has 2 rings (SSSR count). The first-order valence-corrected chi connectivity index (χ1v) is 5.71. The topological polar surface area (TPSA) is 42.4 Å². The number of halogens is 2. The third-order valence-electron chi connectivity index (χ3n) is 2.77. The molecule has 1 aromatic heterocycles. The van der Waals surface area contributed by atoms with E-state index < -0.39 is 12.7 Å². The Hall–Kier alpha value is -2.01. The molecule has 100 valence electrons. The van der Waals surface area contributed by atoms with Gasteiger partial charge in [0.25, 0.3) is 0 Å². The van der Waals surface area contributed by atoms with E-state index >= 15 is 0 Å². The summed E-state index contributed by atoms with van der Waals surface area (Å²) >= 11 is 0.